The molecule has 0 aliphatic heterocycles. The molecule has 0 aliphatic carbocycles. The molecule has 0 heterocycles. The van der Waals surface area contributed by atoms with Crippen LogP contribution < -0.4 is 5.32 Å². The van der Waals surface area contributed by atoms with Crippen molar-refractivity contribution in [2.45, 2.75) is 40.2 Å². The third-order valence-electron chi connectivity index (χ3n) is 2.66. The summed E-state index contributed by atoms with van der Waals surface area (Å²) in [5.74, 6) is 0.699. The fraction of sp³-hybridized carbons (Fsp3) is 0.500. The van der Waals surface area contributed by atoms with Gasteiger partial charge in [-0.05, 0) is 49.9 Å². The maximum atomic E-state index is 11.9. The van der Waals surface area contributed by atoms with Gasteiger partial charge < -0.3 is 10.4 Å². The second-order valence-electron chi connectivity index (χ2n) is 5.01. The number of aromatic hydroxyl groups is 1. The van der Waals surface area contributed by atoms with E-state index in [0.29, 0.717) is 17.0 Å². The molecule has 1 rings (SSSR count). The first-order chi connectivity index (χ1) is 7.90. The average molecular weight is 235 g/mol. The Bertz CT molecular complexity index is 399. The van der Waals surface area contributed by atoms with Gasteiger partial charge >= 0.3 is 0 Å². The zero-order valence-corrected chi connectivity index (χ0v) is 10.9. The van der Waals surface area contributed by atoms with E-state index in [1.54, 1.807) is 25.1 Å². The summed E-state index contributed by atoms with van der Waals surface area (Å²) in [6.07, 6.45) is 0.961. The summed E-state index contributed by atoms with van der Waals surface area (Å²) in [6.45, 7) is 8.05. The second-order valence-corrected chi connectivity index (χ2v) is 5.01. The maximum Gasteiger partial charge on any atom is 0.251 e. The smallest absolute Gasteiger partial charge is 0.251 e. The van der Waals surface area contributed by atoms with Gasteiger partial charge in [-0.2, -0.15) is 0 Å². The van der Waals surface area contributed by atoms with Gasteiger partial charge in [0, 0.05) is 11.6 Å². The summed E-state index contributed by atoms with van der Waals surface area (Å²) in [5.41, 5.74) is 1.31. The van der Waals surface area contributed by atoms with Crippen LogP contribution in [0.5, 0.6) is 5.75 Å². The minimum Gasteiger partial charge on any atom is -0.508 e. The zero-order valence-electron chi connectivity index (χ0n) is 10.9. The van der Waals surface area contributed by atoms with E-state index in [1.807, 2.05) is 6.92 Å². The van der Waals surface area contributed by atoms with Crippen LogP contribution in [0, 0.1) is 12.8 Å². The predicted molar refractivity (Wildman–Crippen MR) is 69.2 cm³/mol. The van der Waals surface area contributed by atoms with Gasteiger partial charge in [-0.15, -0.1) is 0 Å². The van der Waals surface area contributed by atoms with Crippen molar-refractivity contribution < 1.29 is 9.90 Å². The molecule has 0 spiro atoms. The Hall–Kier alpha value is -1.51. The highest BCUT2D eigenvalue weighted by molar-refractivity contribution is 5.94. The van der Waals surface area contributed by atoms with Crippen molar-refractivity contribution in [1.82, 2.24) is 5.32 Å². The molecule has 2 N–H and O–H groups in total. The highest BCUT2D eigenvalue weighted by Crippen LogP contribution is 2.17. The van der Waals surface area contributed by atoms with E-state index >= 15 is 0 Å². The van der Waals surface area contributed by atoms with Crippen LogP contribution in [0.3, 0.4) is 0 Å². The lowest BCUT2D eigenvalue weighted by molar-refractivity contribution is 0.0936. The molecule has 1 amide bonds. The van der Waals surface area contributed by atoms with Gasteiger partial charge in [0.05, 0.1) is 0 Å². The first-order valence-corrected chi connectivity index (χ1v) is 6.00. The first-order valence-electron chi connectivity index (χ1n) is 6.00. The summed E-state index contributed by atoms with van der Waals surface area (Å²) in [5, 5.41) is 12.3. The van der Waals surface area contributed by atoms with Crippen molar-refractivity contribution in [2.75, 3.05) is 0 Å². The van der Waals surface area contributed by atoms with Crippen LogP contribution in [-0.4, -0.2) is 17.1 Å². The molecule has 3 nitrogen and oxygen atoms in total. The van der Waals surface area contributed by atoms with Crippen molar-refractivity contribution in [3.63, 3.8) is 0 Å². The van der Waals surface area contributed by atoms with E-state index in [1.165, 1.54) is 0 Å². The van der Waals surface area contributed by atoms with Crippen LogP contribution in [-0.2, 0) is 0 Å². The van der Waals surface area contributed by atoms with Gasteiger partial charge in [-0.1, -0.05) is 13.8 Å². The summed E-state index contributed by atoms with van der Waals surface area (Å²) in [4.78, 5) is 11.9. The Labute approximate surface area is 103 Å². The summed E-state index contributed by atoms with van der Waals surface area (Å²) < 4.78 is 0. The van der Waals surface area contributed by atoms with Crippen LogP contribution in [0.2, 0.25) is 0 Å². The molecular weight excluding hydrogens is 214 g/mol. The Balaban J connectivity index is 2.66. The molecule has 17 heavy (non-hydrogen) atoms. The van der Waals surface area contributed by atoms with Crippen LogP contribution in [0.1, 0.15) is 43.1 Å². The summed E-state index contributed by atoms with van der Waals surface area (Å²) >= 11 is 0. The third kappa shape index (κ3) is 4.10. The van der Waals surface area contributed by atoms with Crippen molar-refractivity contribution in [1.29, 1.82) is 0 Å². The number of amides is 1. The van der Waals surface area contributed by atoms with E-state index in [0.717, 1.165) is 6.42 Å². The quantitative estimate of drug-likeness (QED) is 0.843. The van der Waals surface area contributed by atoms with Crippen molar-refractivity contribution in [3.05, 3.63) is 29.3 Å². The molecule has 1 aromatic carbocycles. The maximum absolute atomic E-state index is 11.9. The van der Waals surface area contributed by atoms with Crippen LogP contribution >= 0.6 is 0 Å². The van der Waals surface area contributed by atoms with E-state index in [-0.39, 0.29) is 17.7 Å². The summed E-state index contributed by atoms with van der Waals surface area (Å²) in [7, 11) is 0. The number of nitrogens with one attached hydrogen (secondary N) is 1. The van der Waals surface area contributed by atoms with Gasteiger partial charge in [0.25, 0.3) is 5.91 Å². The fourth-order valence-electron chi connectivity index (χ4n) is 1.87. The Morgan fingerprint density at radius 3 is 2.53 bits per heavy atom. The fourth-order valence-corrected chi connectivity index (χ4v) is 1.87. The first kappa shape index (κ1) is 13.6. The monoisotopic (exact) mass is 235 g/mol. The van der Waals surface area contributed by atoms with Gasteiger partial charge in [-0.3, -0.25) is 4.79 Å². The number of rotatable bonds is 4. The lowest BCUT2D eigenvalue weighted by Crippen LogP contribution is -2.33. The lowest BCUT2D eigenvalue weighted by Gasteiger charge is -2.16. The van der Waals surface area contributed by atoms with Crippen molar-refractivity contribution in [3.8, 4) is 5.75 Å². The molecule has 0 saturated heterocycles. The van der Waals surface area contributed by atoms with E-state index in [4.69, 9.17) is 0 Å². The Kier molecular flexibility index (Phi) is 4.55. The highest BCUT2D eigenvalue weighted by atomic mass is 16.3. The van der Waals surface area contributed by atoms with E-state index in [9.17, 15) is 9.90 Å². The molecular formula is C14H21NO2. The summed E-state index contributed by atoms with van der Waals surface area (Å²) in [6, 6.07) is 5.06. The second kappa shape index (κ2) is 5.71. The van der Waals surface area contributed by atoms with Gasteiger partial charge in [0.15, 0.2) is 0 Å². The molecule has 0 bridgehead atoms. The number of carbonyl (C=O) groups excluding carboxylic acids is 1. The number of carbonyl (C=O) groups is 1. The standard InChI is InChI=1S/C14H21NO2/c1-9(2)7-11(4)15-14(17)12-5-6-13(16)10(3)8-12/h5-6,8-9,11,16H,7H2,1-4H3,(H,15,17). The number of phenolic OH excluding ortho intramolecular Hbond substituents is 1. The minimum absolute atomic E-state index is 0.0822. The lowest BCUT2D eigenvalue weighted by atomic mass is 10.0. The molecule has 0 fully saturated rings. The van der Waals surface area contributed by atoms with E-state index in [2.05, 4.69) is 19.2 Å². The predicted octanol–water partition coefficient (Wildman–Crippen LogP) is 2.87. The molecule has 0 radical (unpaired) electrons. The highest BCUT2D eigenvalue weighted by Gasteiger charge is 2.11. The molecule has 0 saturated carbocycles. The van der Waals surface area contributed by atoms with E-state index < -0.39 is 0 Å². The Morgan fingerprint density at radius 2 is 2.00 bits per heavy atom. The molecule has 1 atom stereocenters. The minimum atomic E-state index is -0.0822. The number of benzene rings is 1. The molecule has 3 heteroatoms. The molecule has 1 unspecified atom stereocenters. The molecule has 94 valence electrons. The van der Waals surface area contributed by atoms with Crippen LogP contribution in [0.15, 0.2) is 18.2 Å². The van der Waals surface area contributed by atoms with Crippen molar-refractivity contribution >= 4 is 5.91 Å². The van der Waals surface area contributed by atoms with Gasteiger partial charge in [0.2, 0.25) is 0 Å². The molecule has 0 aromatic heterocycles. The van der Waals surface area contributed by atoms with Gasteiger partial charge in [-0.25, -0.2) is 0 Å². The zero-order chi connectivity index (χ0) is 13.0. The van der Waals surface area contributed by atoms with Gasteiger partial charge in [0.1, 0.15) is 5.75 Å². The Morgan fingerprint density at radius 1 is 1.35 bits per heavy atom. The normalized spacial score (nSPS) is 12.5. The SMILES string of the molecule is Cc1cc(C(=O)NC(C)CC(C)C)ccc1O. The average Bonchev–Trinajstić information content (AvgIpc) is 2.20. The molecule has 1 aromatic rings. The van der Waals surface area contributed by atoms with Crippen molar-refractivity contribution in [2.24, 2.45) is 5.92 Å². The molecule has 0 aliphatic rings. The number of phenols is 1. The largest absolute Gasteiger partial charge is 0.508 e. The van der Waals surface area contributed by atoms with Crippen LogP contribution in [0.25, 0.3) is 0 Å². The number of aryl methyl sites for hydroxylation is 1. The number of hydrogen-bond donors (Lipinski definition) is 2. The number of hydrogen-bond acceptors (Lipinski definition) is 2. The van der Waals surface area contributed by atoms with Crippen LogP contribution in [0.4, 0.5) is 0 Å². The topological polar surface area (TPSA) is 49.3 Å². The third-order valence-corrected chi connectivity index (χ3v) is 2.66.